The van der Waals surface area contributed by atoms with E-state index < -0.39 is 0 Å². The van der Waals surface area contributed by atoms with Crippen LogP contribution < -0.4 is 19.4 Å². The normalized spacial score (nSPS) is 20.0. The van der Waals surface area contributed by atoms with Gasteiger partial charge in [-0.3, -0.25) is 14.4 Å². The molecular weight excluding hydrogens is 382 g/mol. The summed E-state index contributed by atoms with van der Waals surface area (Å²) in [5.74, 6) is 0.459. The van der Waals surface area contributed by atoms with Crippen LogP contribution in [-0.4, -0.2) is 56.9 Å². The topological polar surface area (TPSA) is 71.4 Å². The number of ketones is 1. The quantitative estimate of drug-likeness (QED) is 0.589. The zero-order valence-electron chi connectivity index (χ0n) is 17.3. The Morgan fingerprint density at radius 1 is 1.03 bits per heavy atom. The number of carbonyl (C=O) groups excluding carboxylic acids is 3. The second-order valence-electron chi connectivity index (χ2n) is 7.74. The first-order chi connectivity index (χ1) is 14.5. The molecule has 30 heavy (non-hydrogen) atoms. The van der Waals surface area contributed by atoms with Gasteiger partial charge in [0.2, 0.25) is 5.91 Å². The number of nitrogens with zero attached hydrogens (tertiary/aromatic N) is 2. The number of Topliss-reactive ketones (excluding diaryl/α,β-unsaturated/α-hetero) is 1. The Balaban J connectivity index is 1.44. The molecule has 4 rings (SSSR count). The van der Waals surface area contributed by atoms with E-state index in [4.69, 9.17) is 4.74 Å². The summed E-state index contributed by atoms with van der Waals surface area (Å²) >= 11 is 0. The first-order valence-corrected chi connectivity index (χ1v) is 10.2. The van der Waals surface area contributed by atoms with Crippen molar-refractivity contribution in [3.63, 3.8) is 0 Å². The molecule has 0 bridgehead atoms. The molecule has 0 saturated carbocycles. The standard InChI is InChI=1S/C23H25N3O4/c1-16(27)17-7-9-18(10-8-17)26-22(28)15-20(23(26)29)25-13-11-24(12-14-25)19-5-3-4-6-21(19)30-2/h3-10,20H,11-15H2,1-2H3/p+1. The maximum Gasteiger partial charge on any atom is 0.292 e. The lowest BCUT2D eigenvalue weighted by molar-refractivity contribution is -0.915. The number of rotatable bonds is 5. The summed E-state index contributed by atoms with van der Waals surface area (Å²) in [6.07, 6.45) is 0.220. The summed E-state index contributed by atoms with van der Waals surface area (Å²) in [7, 11) is 1.67. The van der Waals surface area contributed by atoms with Crippen molar-refractivity contribution < 1.29 is 24.0 Å². The van der Waals surface area contributed by atoms with E-state index >= 15 is 0 Å². The van der Waals surface area contributed by atoms with Gasteiger partial charge in [-0.2, -0.15) is 0 Å². The molecule has 7 nitrogen and oxygen atoms in total. The van der Waals surface area contributed by atoms with Gasteiger partial charge in [0.25, 0.3) is 5.91 Å². The van der Waals surface area contributed by atoms with E-state index in [2.05, 4.69) is 4.90 Å². The fourth-order valence-electron chi connectivity index (χ4n) is 4.34. The highest BCUT2D eigenvalue weighted by molar-refractivity contribution is 6.22. The molecule has 2 amide bonds. The van der Waals surface area contributed by atoms with Gasteiger partial charge in [0, 0.05) is 5.56 Å². The summed E-state index contributed by atoms with van der Waals surface area (Å²) in [5, 5.41) is 0. The molecule has 0 aliphatic carbocycles. The number of ether oxygens (including phenoxy) is 1. The molecule has 2 aliphatic rings. The molecule has 2 saturated heterocycles. The lowest BCUT2D eigenvalue weighted by Gasteiger charge is -2.36. The van der Waals surface area contributed by atoms with Crippen LogP contribution in [0.4, 0.5) is 11.4 Å². The highest BCUT2D eigenvalue weighted by Crippen LogP contribution is 2.28. The average Bonchev–Trinajstić information content (AvgIpc) is 3.07. The van der Waals surface area contributed by atoms with Crippen LogP contribution in [0.15, 0.2) is 48.5 Å². The zero-order chi connectivity index (χ0) is 21.3. The Labute approximate surface area is 175 Å². The predicted octanol–water partition coefficient (Wildman–Crippen LogP) is 0.935. The van der Waals surface area contributed by atoms with Crippen LogP contribution in [0.1, 0.15) is 23.7 Å². The third kappa shape index (κ3) is 3.68. The number of hydrogen-bond acceptors (Lipinski definition) is 5. The fraction of sp³-hybridized carbons (Fsp3) is 0.348. The molecule has 7 heteroatoms. The molecule has 2 aromatic rings. The summed E-state index contributed by atoms with van der Waals surface area (Å²) in [6, 6.07) is 14.2. The minimum Gasteiger partial charge on any atom is -0.495 e. The highest BCUT2D eigenvalue weighted by Gasteiger charge is 2.46. The Morgan fingerprint density at radius 2 is 1.70 bits per heavy atom. The molecular formula is C23H26N3O4+. The third-order valence-electron chi connectivity index (χ3n) is 6.00. The maximum atomic E-state index is 13.1. The predicted molar refractivity (Wildman–Crippen MR) is 113 cm³/mol. The maximum absolute atomic E-state index is 13.1. The lowest BCUT2D eigenvalue weighted by atomic mass is 10.1. The molecule has 1 N–H and O–H groups in total. The minimum absolute atomic E-state index is 0.0455. The Kier molecular flexibility index (Phi) is 5.55. The summed E-state index contributed by atoms with van der Waals surface area (Å²) in [4.78, 5) is 41.8. The molecule has 2 heterocycles. The smallest absolute Gasteiger partial charge is 0.292 e. The molecule has 0 spiro atoms. The number of anilines is 2. The second-order valence-corrected chi connectivity index (χ2v) is 7.74. The van der Waals surface area contributed by atoms with Gasteiger partial charge < -0.3 is 14.5 Å². The number of carbonyl (C=O) groups is 3. The van der Waals surface area contributed by atoms with Gasteiger partial charge >= 0.3 is 0 Å². The van der Waals surface area contributed by atoms with Crippen LogP contribution in [0.2, 0.25) is 0 Å². The van der Waals surface area contributed by atoms with Crippen LogP contribution in [0.25, 0.3) is 0 Å². The van der Waals surface area contributed by atoms with Crippen molar-refractivity contribution in [3.8, 4) is 5.75 Å². The number of nitrogens with one attached hydrogen (secondary N) is 1. The van der Waals surface area contributed by atoms with Gasteiger partial charge in [-0.25, -0.2) is 4.90 Å². The molecule has 1 unspecified atom stereocenters. The molecule has 2 aliphatic heterocycles. The average molecular weight is 408 g/mol. The molecule has 0 aromatic heterocycles. The van der Waals surface area contributed by atoms with E-state index in [0.717, 1.165) is 42.5 Å². The van der Waals surface area contributed by atoms with Gasteiger partial charge in [0.15, 0.2) is 11.8 Å². The van der Waals surface area contributed by atoms with Crippen molar-refractivity contribution >= 4 is 29.0 Å². The molecule has 2 fully saturated rings. The van der Waals surface area contributed by atoms with Crippen LogP contribution in [-0.2, 0) is 9.59 Å². The van der Waals surface area contributed by atoms with E-state index in [-0.39, 0.29) is 30.1 Å². The number of para-hydroxylation sites is 2. The minimum atomic E-state index is -0.357. The van der Waals surface area contributed by atoms with Crippen LogP contribution in [0.3, 0.4) is 0 Å². The van der Waals surface area contributed by atoms with Crippen LogP contribution in [0, 0.1) is 0 Å². The number of piperazine rings is 1. The summed E-state index contributed by atoms with van der Waals surface area (Å²) in [6.45, 7) is 4.63. The third-order valence-corrected chi connectivity index (χ3v) is 6.00. The summed E-state index contributed by atoms with van der Waals surface area (Å²) in [5.41, 5.74) is 2.15. The van der Waals surface area contributed by atoms with Crippen molar-refractivity contribution in [2.24, 2.45) is 0 Å². The van der Waals surface area contributed by atoms with Gasteiger partial charge in [-0.15, -0.1) is 0 Å². The van der Waals surface area contributed by atoms with E-state index in [9.17, 15) is 14.4 Å². The number of amides is 2. The van der Waals surface area contributed by atoms with E-state index in [1.807, 2.05) is 24.3 Å². The van der Waals surface area contributed by atoms with E-state index in [1.54, 1.807) is 31.4 Å². The molecule has 1 atom stereocenters. The van der Waals surface area contributed by atoms with E-state index in [1.165, 1.54) is 11.8 Å². The van der Waals surface area contributed by atoms with Crippen molar-refractivity contribution in [1.29, 1.82) is 0 Å². The molecule has 0 radical (unpaired) electrons. The van der Waals surface area contributed by atoms with Crippen molar-refractivity contribution in [2.45, 2.75) is 19.4 Å². The second kappa shape index (κ2) is 8.28. The van der Waals surface area contributed by atoms with Crippen molar-refractivity contribution in [1.82, 2.24) is 0 Å². The highest BCUT2D eigenvalue weighted by atomic mass is 16.5. The van der Waals surface area contributed by atoms with Gasteiger partial charge in [-0.05, 0) is 43.3 Å². The number of benzene rings is 2. The molecule has 156 valence electrons. The summed E-state index contributed by atoms with van der Waals surface area (Å²) < 4.78 is 5.47. The van der Waals surface area contributed by atoms with Crippen LogP contribution in [0.5, 0.6) is 5.75 Å². The van der Waals surface area contributed by atoms with Gasteiger partial charge in [-0.1, -0.05) is 12.1 Å². The fourth-order valence-corrected chi connectivity index (χ4v) is 4.34. The van der Waals surface area contributed by atoms with Gasteiger partial charge in [0.1, 0.15) is 5.75 Å². The Hall–Kier alpha value is -3.19. The van der Waals surface area contributed by atoms with Crippen molar-refractivity contribution in [2.75, 3.05) is 43.1 Å². The zero-order valence-corrected chi connectivity index (χ0v) is 17.3. The molecule has 2 aromatic carbocycles. The van der Waals surface area contributed by atoms with Crippen LogP contribution >= 0.6 is 0 Å². The van der Waals surface area contributed by atoms with Gasteiger partial charge in [0.05, 0.1) is 51.1 Å². The lowest BCUT2D eigenvalue weighted by Crippen LogP contribution is -3.19. The first-order valence-electron chi connectivity index (χ1n) is 10.2. The number of hydrogen-bond donors (Lipinski definition) is 1. The first kappa shape index (κ1) is 20.1. The number of quaternary nitrogens is 1. The van der Waals surface area contributed by atoms with Crippen molar-refractivity contribution in [3.05, 3.63) is 54.1 Å². The SMILES string of the molecule is COc1ccccc1N1CC[NH+](C2CC(=O)N(c3ccc(C(C)=O)cc3)C2=O)CC1. The monoisotopic (exact) mass is 408 g/mol. The number of methoxy groups -OCH3 is 1. The van der Waals surface area contributed by atoms with E-state index in [0.29, 0.717) is 11.3 Å². The largest absolute Gasteiger partial charge is 0.495 e. The number of imide groups is 1. The Bertz CT molecular complexity index is 965. The Morgan fingerprint density at radius 3 is 2.33 bits per heavy atom.